The Hall–Kier alpha value is -1.58. The molecular weight excluding hydrogens is 308 g/mol. The van der Waals surface area contributed by atoms with Crippen molar-refractivity contribution in [1.82, 2.24) is 10.2 Å². The van der Waals surface area contributed by atoms with Crippen molar-refractivity contribution in [3.63, 3.8) is 0 Å². The molecule has 134 valence electrons. The third-order valence-electron chi connectivity index (χ3n) is 5.92. The average molecular weight is 338 g/mol. The lowest BCUT2D eigenvalue weighted by Gasteiger charge is -2.39. The molecule has 1 N–H and O–H groups in total. The molecule has 2 aromatic rings. The molecule has 0 amide bonds. The Morgan fingerprint density at radius 3 is 2.60 bits per heavy atom. The molecule has 2 fully saturated rings. The number of hydrogen-bond acceptors (Lipinski definition) is 3. The third kappa shape index (κ3) is 3.40. The minimum Gasteiger partial charge on any atom is -0.494 e. The molecule has 0 spiro atoms. The van der Waals surface area contributed by atoms with Gasteiger partial charge in [0, 0.05) is 37.8 Å². The Morgan fingerprint density at radius 2 is 1.84 bits per heavy atom. The average Bonchev–Trinajstić information content (AvgIpc) is 3.19. The van der Waals surface area contributed by atoms with E-state index in [9.17, 15) is 0 Å². The predicted molar refractivity (Wildman–Crippen MR) is 104 cm³/mol. The van der Waals surface area contributed by atoms with Crippen LogP contribution in [0.25, 0.3) is 10.8 Å². The number of nitrogens with zero attached hydrogens (tertiary/aromatic N) is 1. The maximum absolute atomic E-state index is 6.13. The second kappa shape index (κ2) is 7.76. The van der Waals surface area contributed by atoms with E-state index in [1.807, 2.05) is 0 Å². The van der Waals surface area contributed by atoms with Crippen molar-refractivity contribution < 1.29 is 4.74 Å². The van der Waals surface area contributed by atoms with Gasteiger partial charge in [-0.2, -0.15) is 0 Å². The number of piperazine rings is 1. The van der Waals surface area contributed by atoms with Gasteiger partial charge in [-0.1, -0.05) is 43.2 Å². The van der Waals surface area contributed by atoms with Gasteiger partial charge in [-0.05, 0) is 42.5 Å². The first kappa shape index (κ1) is 16.9. The van der Waals surface area contributed by atoms with Gasteiger partial charge in [-0.3, -0.25) is 4.90 Å². The molecule has 0 bridgehead atoms. The van der Waals surface area contributed by atoms with E-state index in [0.717, 1.165) is 44.5 Å². The van der Waals surface area contributed by atoms with Gasteiger partial charge >= 0.3 is 0 Å². The molecule has 2 aliphatic rings. The van der Waals surface area contributed by atoms with Gasteiger partial charge in [0.2, 0.25) is 0 Å². The zero-order chi connectivity index (χ0) is 17.1. The van der Waals surface area contributed by atoms with Crippen LogP contribution in [-0.2, 0) is 0 Å². The van der Waals surface area contributed by atoms with Gasteiger partial charge in [0.25, 0.3) is 0 Å². The summed E-state index contributed by atoms with van der Waals surface area (Å²) in [6.45, 7) is 7.28. The highest BCUT2D eigenvalue weighted by Gasteiger charge is 2.34. The number of fused-ring (bicyclic) bond motifs is 1. The van der Waals surface area contributed by atoms with Crippen molar-refractivity contribution in [2.75, 3.05) is 32.8 Å². The van der Waals surface area contributed by atoms with Gasteiger partial charge in [-0.25, -0.2) is 0 Å². The van der Waals surface area contributed by atoms with Gasteiger partial charge in [-0.15, -0.1) is 0 Å². The molecule has 0 aromatic heterocycles. The monoisotopic (exact) mass is 338 g/mol. The van der Waals surface area contributed by atoms with E-state index >= 15 is 0 Å². The van der Waals surface area contributed by atoms with Crippen LogP contribution in [0, 0.1) is 5.92 Å². The van der Waals surface area contributed by atoms with E-state index in [2.05, 4.69) is 53.5 Å². The lowest BCUT2D eigenvalue weighted by molar-refractivity contribution is 0.123. The van der Waals surface area contributed by atoms with Crippen molar-refractivity contribution in [1.29, 1.82) is 0 Å². The van der Waals surface area contributed by atoms with Gasteiger partial charge in [0.15, 0.2) is 0 Å². The fourth-order valence-corrected chi connectivity index (χ4v) is 4.81. The largest absolute Gasteiger partial charge is 0.494 e. The number of benzene rings is 2. The van der Waals surface area contributed by atoms with Crippen LogP contribution in [0.3, 0.4) is 0 Å². The zero-order valence-electron chi connectivity index (χ0n) is 15.3. The van der Waals surface area contributed by atoms with Crippen LogP contribution in [0.2, 0.25) is 0 Å². The maximum Gasteiger partial charge on any atom is 0.124 e. The smallest absolute Gasteiger partial charge is 0.124 e. The molecule has 1 aliphatic carbocycles. The molecule has 1 saturated heterocycles. The third-order valence-corrected chi connectivity index (χ3v) is 5.92. The van der Waals surface area contributed by atoms with Crippen LogP contribution in [0.4, 0.5) is 0 Å². The summed E-state index contributed by atoms with van der Waals surface area (Å²) in [6, 6.07) is 13.7. The summed E-state index contributed by atoms with van der Waals surface area (Å²) in [5.41, 5.74) is 1.44. The molecule has 3 heteroatoms. The van der Waals surface area contributed by atoms with Crippen molar-refractivity contribution in [2.24, 2.45) is 5.92 Å². The van der Waals surface area contributed by atoms with E-state index < -0.39 is 0 Å². The Morgan fingerprint density at radius 1 is 1.08 bits per heavy atom. The summed E-state index contributed by atoms with van der Waals surface area (Å²) < 4.78 is 6.13. The second-order valence-electron chi connectivity index (χ2n) is 7.41. The van der Waals surface area contributed by atoms with Gasteiger partial charge < -0.3 is 10.1 Å². The fourth-order valence-electron chi connectivity index (χ4n) is 4.81. The fraction of sp³-hybridized carbons (Fsp3) is 0.545. The number of nitrogens with one attached hydrogen (secondary N) is 1. The van der Waals surface area contributed by atoms with E-state index in [0.29, 0.717) is 6.04 Å². The number of ether oxygens (including phenoxy) is 1. The van der Waals surface area contributed by atoms with E-state index in [1.54, 1.807) is 0 Å². The highest BCUT2D eigenvalue weighted by molar-refractivity contribution is 5.88. The first-order valence-electron chi connectivity index (χ1n) is 9.97. The maximum atomic E-state index is 6.13. The highest BCUT2D eigenvalue weighted by atomic mass is 16.5. The Labute approximate surface area is 151 Å². The molecule has 1 saturated carbocycles. The second-order valence-corrected chi connectivity index (χ2v) is 7.41. The van der Waals surface area contributed by atoms with Crippen molar-refractivity contribution in [3.8, 4) is 5.75 Å². The molecule has 0 radical (unpaired) electrons. The van der Waals surface area contributed by atoms with Crippen LogP contribution >= 0.6 is 0 Å². The van der Waals surface area contributed by atoms with Crippen LogP contribution in [0.1, 0.15) is 44.2 Å². The SMILES string of the molecule is CCOc1ccc2ccccc2c1[C@H](C1CCCC1)N1CCNCC1. The number of rotatable bonds is 5. The van der Waals surface area contributed by atoms with Crippen LogP contribution in [0.15, 0.2) is 36.4 Å². The molecule has 4 rings (SSSR count). The Bertz CT molecular complexity index is 702. The van der Waals surface area contributed by atoms with E-state index in [4.69, 9.17) is 4.74 Å². The molecule has 25 heavy (non-hydrogen) atoms. The molecule has 1 atom stereocenters. The minimum absolute atomic E-state index is 0.484. The van der Waals surface area contributed by atoms with Crippen LogP contribution < -0.4 is 10.1 Å². The lowest BCUT2D eigenvalue weighted by Crippen LogP contribution is -2.46. The zero-order valence-corrected chi connectivity index (χ0v) is 15.3. The number of hydrogen-bond donors (Lipinski definition) is 1. The summed E-state index contributed by atoms with van der Waals surface area (Å²) in [6.07, 6.45) is 5.46. The lowest BCUT2D eigenvalue weighted by atomic mass is 9.86. The molecular formula is C22H30N2O. The molecule has 3 nitrogen and oxygen atoms in total. The Kier molecular flexibility index (Phi) is 5.23. The molecule has 1 heterocycles. The Balaban J connectivity index is 1.85. The summed E-state index contributed by atoms with van der Waals surface area (Å²) in [5.74, 6) is 1.85. The van der Waals surface area contributed by atoms with E-state index in [-0.39, 0.29) is 0 Å². The summed E-state index contributed by atoms with van der Waals surface area (Å²) >= 11 is 0. The molecule has 1 aliphatic heterocycles. The van der Waals surface area contributed by atoms with Crippen LogP contribution in [-0.4, -0.2) is 37.7 Å². The van der Waals surface area contributed by atoms with Crippen LogP contribution in [0.5, 0.6) is 5.75 Å². The highest BCUT2D eigenvalue weighted by Crippen LogP contribution is 2.45. The minimum atomic E-state index is 0.484. The summed E-state index contributed by atoms with van der Waals surface area (Å²) in [5, 5.41) is 6.23. The van der Waals surface area contributed by atoms with Gasteiger partial charge in [0.1, 0.15) is 5.75 Å². The molecule has 0 unspecified atom stereocenters. The standard InChI is InChI=1S/C22H30N2O/c1-2-25-20-12-11-17-7-5-6-10-19(17)21(20)22(18-8-3-4-9-18)24-15-13-23-14-16-24/h5-7,10-12,18,22-23H,2-4,8-9,13-16H2,1H3/t22-/m0/s1. The normalized spacial score (nSPS) is 20.8. The topological polar surface area (TPSA) is 24.5 Å². The van der Waals surface area contributed by atoms with Crippen molar-refractivity contribution in [2.45, 2.75) is 38.6 Å². The van der Waals surface area contributed by atoms with Gasteiger partial charge in [0.05, 0.1) is 6.61 Å². The first-order chi connectivity index (χ1) is 12.4. The van der Waals surface area contributed by atoms with Crippen molar-refractivity contribution in [3.05, 3.63) is 42.0 Å². The predicted octanol–water partition coefficient (Wildman–Crippen LogP) is 4.38. The quantitative estimate of drug-likeness (QED) is 0.876. The summed E-state index contributed by atoms with van der Waals surface area (Å²) in [4.78, 5) is 2.72. The van der Waals surface area contributed by atoms with E-state index in [1.165, 1.54) is 42.0 Å². The first-order valence-corrected chi connectivity index (χ1v) is 9.97. The summed E-state index contributed by atoms with van der Waals surface area (Å²) in [7, 11) is 0. The molecule has 2 aromatic carbocycles. The van der Waals surface area contributed by atoms with Crippen molar-refractivity contribution >= 4 is 10.8 Å².